The Labute approximate surface area is 169 Å². The molecule has 0 radical (unpaired) electrons. The summed E-state index contributed by atoms with van der Waals surface area (Å²) in [4.78, 5) is 38.3. The van der Waals surface area contributed by atoms with E-state index in [-0.39, 0.29) is 24.3 Å². The van der Waals surface area contributed by atoms with Crippen LogP contribution in [0, 0.1) is 0 Å². The Kier molecular flexibility index (Phi) is 5.07. The van der Waals surface area contributed by atoms with Crippen LogP contribution in [0.1, 0.15) is 52.9 Å². The smallest absolute Gasteiger partial charge is 0.255 e. The first-order valence-corrected chi connectivity index (χ1v) is 9.79. The first kappa shape index (κ1) is 19.1. The van der Waals surface area contributed by atoms with Gasteiger partial charge in [0.05, 0.1) is 0 Å². The topological polar surface area (TPSA) is 105 Å². The van der Waals surface area contributed by atoms with E-state index in [1.54, 1.807) is 4.90 Å². The zero-order chi connectivity index (χ0) is 20.5. The predicted molar refractivity (Wildman–Crippen MR) is 109 cm³/mol. The molecule has 1 saturated heterocycles. The van der Waals surface area contributed by atoms with Crippen LogP contribution in [-0.2, 0) is 22.7 Å². The molecule has 2 aliphatic heterocycles. The fraction of sp³-hybridized carbons (Fsp3) is 0.318. The Morgan fingerprint density at radius 3 is 2.76 bits per heavy atom. The summed E-state index contributed by atoms with van der Waals surface area (Å²) in [5.41, 5.74) is 10.4. The van der Waals surface area contributed by atoms with Crippen molar-refractivity contribution < 1.29 is 14.4 Å². The van der Waals surface area contributed by atoms with E-state index >= 15 is 0 Å². The largest absolute Gasteiger partial charge is 0.381 e. The Morgan fingerprint density at radius 2 is 2.00 bits per heavy atom. The van der Waals surface area contributed by atoms with Gasteiger partial charge in [-0.3, -0.25) is 19.7 Å². The molecule has 150 valence electrons. The molecule has 2 aromatic rings. The second kappa shape index (κ2) is 7.67. The van der Waals surface area contributed by atoms with Gasteiger partial charge in [0.1, 0.15) is 6.04 Å². The molecular formula is C22H24N4O3. The van der Waals surface area contributed by atoms with Crippen molar-refractivity contribution in [2.75, 3.05) is 5.32 Å². The summed E-state index contributed by atoms with van der Waals surface area (Å²) in [7, 11) is 0. The Morgan fingerprint density at radius 1 is 1.21 bits per heavy atom. The summed E-state index contributed by atoms with van der Waals surface area (Å²) in [6.45, 7) is 2.81. The zero-order valence-corrected chi connectivity index (χ0v) is 16.3. The molecule has 1 fully saturated rings. The number of nitrogens with zero attached hydrogens (tertiary/aromatic N) is 1. The maximum absolute atomic E-state index is 13.1. The average Bonchev–Trinajstić information content (AvgIpc) is 3.03. The fourth-order valence-corrected chi connectivity index (χ4v) is 3.97. The van der Waals surface area contributed by atoms with E-state index in [0.717, 1.165) is 22.4 Å². The lowest BCUT2D eigenvalue weighted by atomic mass is 10.0. The number of carbonyl (C=O) groups excluding carboxylic acids is 3. The van der Waals surface area contributed by atoms with Gasteiger partial charge in [0.25, 0.3) is 5.91 Å². The Hall–Kier alpha value is -3.19. The van der Waals surface area contributed by atoms with Gasteiger partial charge in [-0.15, -0.1) is 0 Å². The minimum absolute atomic E-state index is 0.0543. The number of nitrogens with one attached hydrogen (secondary N) is 2. The summed E-state index contributed by atoms with van der Waals surface area (Å²) in [6, 6.07) is 13.0. The van der Waals surface area contributed by atoms with Crippen molar-refractivity contribution in [3.63, 3.8) is 0 Å². The minimum atomic E-state index is -0.601. The highest BCUT2D eigenvalue weighted by Gasteiger charge is 2.39. The normalized spacial score (nSPS) is 19.7. The number of fused-ring (bicyclic) bond motifs is 1. The van der Waals surface area contributed by atoms with Crippen LogP contribution >= 0.6 is 0 Å². The second-order valence-electron chi connectivity index (χ2n) is 7.62. The lowest BCUT2D eigenvalue weighted by molar-refractivity contribution is -0.136. The highest BCUT2D eigenvalue weighted by atomic mass is 16.2. The third-order valence-corrected chi connectivity index (χ3v) is 5.53. The van der Waals surface area contributed by atoms with Crippen LogP contribution in [0.25, 0.3) is 0 Å². The fourth-order valence-electron chi connectivity index (χ4n) is 3.97. The van der Waals surface area contributed by atoms with Crippen LogP contribution < -0.4 is 16.4 Å². The average molecular weight is 392 g/mol. The molecule has 0 bridgehead atoms. The van der Waals surface area contributed by atoms with Crippen LogP contribution in [0.15, 0.2) is 42.5 Å². The number of benzene rings is 2. The van der Waals surface area contributed by atoms with E-state index in [1.807, 2.05) is 49.4 Å². The number of imide groups is 1. The molecule has 3 amide bonds. The molecular weight excluding hydrogens is 368 g/mol. The van der Waals surface area contributed by atoms with Crippen LogP contribution in [0.5, 0.6) is 0 Å². The van der Waals surface area contributed by atoms with Crippen LogP contribution in [-0.4, -0.2) is 28.7 Å². The molecule has 0 saturated carbocycles. The first-order valence-electron chi connectivity index (χ1n) is 9.79. The second-order valence-corrected chi connectivity index (χ2v) is 7.62. The molecule has 4 N–H and O–H groups in total. The van der Waals surface area contributed by atoms with Gasteiger partial charge in [-0.2, -0.15) is 0 Å². The number of hydrogen-bond donors (Lipinski definition) is 3. The lowest BCUT2D eigenvalue weighted by Crippen LogP contribution is -2.52. The zero-order valence-electron chi connectivity index (χ0n) is 16.3. The molecule has 1 unspecified atom stereocenters. The highest BCUT2D eigenvalue weighted by Crippen LogP contribution is 2.30. The standard InChI is InChI=1S/C22H24N4O3/c1-13(23)14-4-3-7-17(10-14)24-11-15-5-2-6-16-12-26(22(29)20(15)16)18-8-9-19(27)25-21(18)28/h2-7,10,13,18,24H,8-9,11-12,23H2,1H3,(H,25,27,28)/t13-,18?/m0/s1. The maximum atomic E-state index is 13.1. The van der Waals surface area contributed by atoms with Crippen LogP contribution in [0.4, 0.5) is 5.69 Å². The molecule has 4 rings (SSSR count). The molecule has 2 atom stereocenters. The van der Waals surface area contributed by atoms with Crippen LogP contribution in [0.3, 0.4) is 0 Å². The number of piperidine rings is 1. The molecule has 2 heterocycles. The summed E-state index contributed by atoms with van der Waals surface area (Å²) in [5.74, 6) is -0.833. The monoisotopic (exact) mass is 392 g/mol. The van der Waals surface area contributed by atoms with Crippen molar-refractivity contribution in [1.29, 1.82) is 0 Å². The number of anilines is 1. The van der Waals surface area contributed by atoms with Crippen molar-refractivity contribution in [2.45, 2.75) is 44.9 Å². The third-order valence-electron chi connectivity index (χ3n) is 5.53. The van der Waals surface area contributed by atoms with Crippen molar-refractivity contribution in [2.24, 2.45) is 5.73 Å². The summed E-state index contributed by atoms with van der Waals surface area (Å²) in [6.07, 6.45) is 0.614. The number of rotatable bonds is 5. The van der Waals surface area contributed by atoms with E-state index < -0.39 is 11.9 Å². The van der Waals surface area contributed by atoms with Gasteiger partial charge in [-0.25, -0.2) is 0 Å². The van der Waals surface area contributed by atoms with Gasteiger partial charge in [0.2, 0.25) is 11.8 Å². The van der Waals surface area contributed by atoms with Gasteiger partial charge in [-0.1, -0.05) is 30.3 Å². The predicted octanol–water partition coefficient (Wildman–Crippen LogP) is 2.08. The van der Waals surface area contributed by atoms with Crippen LogP contribution in [0.2, 0.25) is 0 Å². The van der Waals surface area contributed by atoms with Gasteiger partial charge in [0.15, 0.2) is 0 Å². The van der Waals surface area contributed by atoms with E-state index in [0.29, 0.717) is 25.1 Å². The van der Waals surface area contributed by atoms with E-state index in [4.69, 9.17) is 5.73 Å². The van der Waals surface area contributed by atoms with E-state index in [1.165, 1.54) is 0 Å². The van der Waals surface area contributed by atoms with Gasteiger partial charge in [0, 0.05) is 36.8 Å². The van der Waals surface area contributed by atoms with Crippen molar-refractivity contribution in [3.8, 4) is 0 Å². The molecule has 2 aliphatic rings. The number of carbonyl (C=O) groups is 3. The van der Waals surface area contributed by atoms with Gasteiger partial charge in [-0.05, 0) is 42.2 Å². The van der Waals surface area contributed by atoms with Crippen molar-refractivity contribution in [3.05, 3.63) is 64.7 Å². The van der Waals surface area contributed by atoms with Gasteiger partial charge >= 0.3 is 0 Å². The summed E-state index contributed by atoms with van der Waals surface area (Å²) >= 11 is 0. The number of nitrogens with two attached hydrogens (primary N) is 1. The third kappa shape index (κ3) is 3.73. The summed E-state index contributed by atoms with van der Waals surface area (Å²) in [5, 5.41) is 5.70. The molecule has 7 nitrogen and oxygen atoms in total. The van der Waals surface area contributed by atoms with E-state index in [2.05, 4.69) is 10.6 Å². The molecule has 7 heteroatoms. The highest BCUT2D eigenvalue weighted by molar-refractivity contribution is 6.06. The Bertz CT molecular complexity index is 986. The van der Waals surface area contributed by atoms with Crippen molar-refractivity contribution >= 4 is 23.4 Å². The van der Waals surface area contributed by atoms with Crippen molar-refractivity contribution in [1.82, 2.24) is 10.2 Å². The Balaban J connectivity index is 1.52. The molecule has 0 aliphatic carbocycles. The minimum Gasteiger partial charge on any atom is -0.381 e. The molecule has 2 aromatic carbocycles. The molecule has 0 spiro atoms. The molecule has 0 aromatic heterocycles. The first-order chi connectivity index (χ1) is 13.9. The SMILES string of the molecule is C[C@H](N)c1cccc(NCc2cccc3c2C(=O)N(C2CCC(=O)NC2=O)C3)c1. The lowest BCUT2D eigenvalue weighted by Gasteiger charge is -2.29. The van der Waals surface area contributed by atoms with Gasteiger partial charge < -0.3 is 16.0 Å². The molecule has 29 heavy (non-hydrogen) atoms. The van der Waals surface area contributed by atoms with E-state index in [9.17, 15) is 14.4 Å². The number of amides is 3. The number of hydrogen-bond acceptors (Lipinski definition) is 5. The summed E-state index contributed by atoms with van der Waals surface area (Å²) < 4.78 is 0. The maximum Gasteiger partial charge on any atom is 0.255 e. The quantitative estimate of drug-likeness (QED) is 0.676.